The average Bonchev–Trinajstić information content (AvgIpc) is 2.37. The quantitative estimate of drug-likeness (QED) is 0.584. The summed E-state index contributed by atoms with van der Waals surface area (Å²) in [6, 6.07) is 0. The number of nitrogens with zero attached hydrogens (tertiary/aromatic N) is 3. The van der Waals surface area contributed by atoms with Gasteiger partial charge in [-0.3, -0.25) is 4.99 Å². The molecule has 0 bridgehead atoms. The SMILES string of the molecule is CCN(CC)C(N)=NCC1CCN(S(C)(=O)=O)CC1. The van der Waals surface area contributed by atoms with Gasteiger partial charge in [-0.05, 0) is 32.6 Å². The molecule has 6 nitrogen and oxygen atoms in total. The predicted octanol–water partition coefficient (Wildman–Crippen LogP) is 0.315. The van der Waals surface area contributed by atoms with Crippen molar-refractivity contribution in [2.75, 3.05) is 39.0 Å². The number of sulfonamides is 1. The summed E-state index contributed by atoms with van der Waals surface area (Å²) in [6.45, 7) is 7.72. The van der Waals surface area contributed by atoms with Gasteiger partial charge in [-0.25, -0.2) is 12.7 Å². The Bertz CT molecular complexity index is 396. The number of nitrogens with two attached hydrogens (primary N) is 1. The minimum Gasteiger partial charge on any atom is -0.370 e. The Morgan fingerprint density at radius 1 is 1.32 bits per heavy atom. The highest BCUT2D eigenvalue weighted by atomic mass is 32.2. The number of hydrogen-bond donors (Lipinski definition) is 1. The molecule has 1 saturated heterocycles. The van der Waals surface area contributed by atoms with E-state index in [4.69, 9.17) is 5.73 Å². The maximum absolute atomic E-state index is 11.4. The van der Waals surface area contributed by atoms with Crippen molar-refractivity contribution < 1.29 is 8.42 Å². The Morgan fingerprint density at radius 2 is 1.84 bits per heavy atom. The summed E-state index contributed by atoms with van der Waals surface area (Å²) in [5, 5.41) is 0. The highest BCUT2D eigenvalue weighted by molar-refractivity contribution is 7.88. The summed E-state index contributed by atoms with van der Waals surface area (Å²) in [5.41, 5.74) is 5.92. The fraction of sp³-hybridized carbons (Fsp3) is 0.917. The first-order valence-corrected chi connectivity index (χ1v) is 8.73. The number of guanidine groups is 1. The molecular weight excluding hydrogens is 264 g/mol. The first-order valence-electron chi connectivity index (χ1n) is 6.88. The van der Waals surface area contributed by atoms with Gasteiger partial charge < -0.3 is 10.6 Å². The molecule has 1 aliphatic rings. The molecule has 0 aromatic rings. The van der Waals surface area contributed by atoms with E-state index in [1.165, 1.54) is 6.26 Å². The lowest BCUT2D eigenvalue weighted by Gasteiger charge is -2.29. The van der Waals surface area contributed by atoms with Crippen molar-refractivity contribution in [3.63, 3.8) is 0 Å². The topological polar surface area (TPSA) is 79.0 Å². The monoisotopic (exact) mass is 290 g/mol. The van der Waals surface area contributed by atoms with Crippen molar-refractivity contribution in [1.82, 2.24) is 9.21 Å². The third-order valence-corrected chi connectivity index (χ3v) is 4.94. The van der Waals surface area contributed by atoms with E-state index in [9.17, 15) is 8.42 Å². The zero-order valence-electron chi connectivity index (χ0n) is 12.2. The molecule has 1 heterocycles. The summed E-state index contributed by atoms with van der Waals surface area (Å²) >= 11 is 0. The van der Waals surface area contributed by atoms with Gasteiger partial charge in [0.05, 0.1) is 6.26 Å². The lowest BCUT2D eigenvalue weighted by Crippen LogP contribution is -2.39. The van der Waals surface area contributed by atoms with E-state index in [-0.39, 0.29) is 0 Å². The molecule has 1 rings (SSSR count). The molecule has 112 valence electrons. The third kappa shape index (κ3) is 4.99. The molecule has 0 aromatic carbocycles. The smallest absolute Gasteiger partial charge is 0.211 e. The molecule has 19 heavy (non-hydrogen) atoms. The van der Waals surface area contributed by atoms with Crippen LogP contribution in [0.4, 0.5) is 0 Å². The zero-order chi connectivity index (χ0) is 14.5. The molecule has 0 spiro atoms. The molecule has 7 heteroatoms. The number of aliphatic imine (C=N–C) groups is 1. The van der Waals surface area contributed by atoms with E-state index in [2.05, 4.69) is 18.8 Å². The van der Waals surface area contributed by atoms with Crippen LogP contribution in [0.3, 0.4) is 0 Å². The Morgan fingerprint density at radius 3 is 2.26 bits per heavy atom. The second-order valence-corrected chi connectivity index (χ2v) is 6.96. The van der Waals surface area contributed by atoms with E-state index < -0.39 is 10.0 Å². The lowest BCUT2D eigenvalue weighted by atomic mass is 9.98. The largest absolute Gasteiger partial charge is 0.370 e. The van der Waals surface area contributed by atoms with Crippen LogP contribution in [0.1, 0.15) is 26.7 Å². The van der Waals surface area contributed by atoms with E-state index >= 15 is 0 Å². The molecule has 0 atom stereocenters. The van der Waals surface area contributed by atoms with Crippen LogP contribution in [0.5, 0.6) is 0 Å². The number of hydrogen-bond acceptors (Lipinski definition) is 3. The van der Waals surface area contributed by atoms with Gasteiger partial charge in [-0.15, -0.1) is 0 Å². The Kier molecular flexibility index (Phi) is 6.06. The molecule has 0 aromatic heterocycles. The van der Waals surface area contributed by atoms with Gasteiger partial charge in [-0.1, -0.05) is 0 Å². The molecule has 2 N–H and O–H groups in total. The van der Waals surface area contributed by atoms with Crippen LogP contribution in [0.25, 0.3) is 0 Å². The normalized spacial score (nSPS) is 19.6. The van der Waals surface area contributed by atoms with Crippen LogP contribution in [0.2, 0.25) is 0 Å². The maximum atomic E-state index is 11.4. The first-order chi connectivity index (χ1) is 8.88. The van der Waals surface area contributed by atoms with Crippen molar-refractivity contribution >= 4 is 16.0 Å². The second kappa shape index (κ2) is 7.09. The molecule has 0 aliphatic carbocycles. The number of piperidine rings is 1. The first kappa shape index (κ1) is 16.2. The van der Waals surface area contributed by atoms with E-state index in [1.54, 1.807) is 4.31 Å². The van der Waals surface area contributed by atoms with Gasteiger partial charge in [0.2, 0.25) is 10.0 Å². The van der Waals surface area contributed by atoms with Crippen LogP contribution in [-0.2, 0) is 10.0 Å². The van der Waals surface area contributed by atoms with Crippen LogP contribution in [-0.4, -0.2) is 62.6 Å². The Labute approximate surface area is 116 Å². The van der Waals surface area contributed by atoms with Gasteiger partial charge in [-0.2, -0.15) is 0 Å². The van der Waals surface area contributed by atoms with E-state index in [0.29, 0.717) is 31.5 Å². The van der Waals surface area contributed by atoms with Crippen molar-refractivity contribution in [2.45, 2.75) is 26.7 Å². The number of rotatable bonds is 5. The molecule has 0 unspecified atom stereocenters. The van der Waals surface area contributed by atoms with Crippen LogP contribution in [0, 0.1) is 5.92 Å². The summed E-state index contributed by atoms with van der Waals surface area (Å²) in [5.74, 6) is 1.03. The van der Waals surface area contributed by atoms with Crippen molar-refractivity contribution in [3.05, 3.63) is 0 Å². The molecule has 1 fully saturated rings. The van der Waals surface area contributed by atoms with Crippen LogP contribution < -0.4 is 5.73 Å². The summed E-state index contributed by atoms with van der Waals surface area (Å²) < 4.78 is 24.3. The lowest BCUT2D eigenvalue weighted by molar-refractivity contribution is 0.279. The van der Waals surface area contributed by atoms with Crippen molar-refractivity contribution in [1.29, 1.82) is 0 Å². The van der Waals surface area contributed by atoms with E-state index in [0.717, 1.165) is 25.9 Å². The molecule has 0 radical (unpaired) electrons. The molecular formula is C12H26N4O2S. The van der Waals surface area contributed by atoms with Crippen molar-refractivity contribution in [2.24, 2.45) is 16.6 Å². The molecule has 1 aliphatic heterocycles. The van der Waals surface area contributed by atoms with Gasteiger partial charge in [0.1, 0.15) is 0 Å². The highest BCUT2D eigenvalue weighted by Gasteiger charge is 2.24. The van der Waals surface area contributed by atoms with E-state index in [1.807, 2.05) is 4.90 Å². The zero-order valence-corrected chi connectivity index (χ0v) is 13.0. The summed E-state index contributed by atoms with van der Waals surface area (Å²) in [6.07, 6.45) is 2.99. The third-order valence-electron chi connectivity index (χ3n) is 3.64. The van der Waals surface area contributed by atoms with Crippen LogP contribution in [0.15, 0.2) is 4.99 Å². The van der Waals surface area contributed by atoms with Gasteiger partial charge in [0.15, 0.2) is 5.96 Å². The van der Waals surface area contributed by atoms with Gasteiger partial charge >= 0.3 is 0 Å². The summed E-state index contributed by atoms with van der Waals surface area (Å²) in [7, 11) is -3.04. The van der Waals surface area contributed by atoms with Gasteiger partial charge in [0, 0.05) is 32.7 Å². The fourth-order valence-corrected chi connectivity index (χ4v) is 3.17. The fourth-order valence-electron chi connectivity index (χ4n) is 2.29. The summed E-state index contributed by atoms with van der Waals surface area (Å²) in [4.78, 5) is 6.45. The minimum absolute atomic E-state index is 0.437. The molecule has 0 amide bonds. The van der Waals surface area contributed by atoms with Gasteiger partial charge in [0.25, 0.3) is 0 Å². The average molecular weight is 290 g/mol. The standard InChI is InChI=1S/C12H26N4O2S/c1-4-15(5-2)12(13)14-10-11-6-8-16(9-7-11)19(3,17)18/h11H,4-10H2,1-3H3,(H2,13,14). The second-order valence-electron chi connectivity index (χ2n) is 4.98. The van der Waals surface area contributed by atoms with Crippen LogP contribution >= 0.6 is 0 Å². The Balaban J connectivity index is 2.43. The molecule has 0 saturated carbocycles. The Hall–Kier alpha value is -0.820. The predicted molar refractivity (Wildman–Crippen MR) is 78.6 cm³/mol. The highest BCUT2D eigenvalue weighted by Crippen LogP contribution is 2.19. The maximum Gasteiger partial charge on any atom is 0.211 e. The van der Waals surface area contributed by atoms with Crippen molar-refractivity contribution in [3.8, 4) is 0 Å². The minimum atomic E-state index is -3.04.